The molecule has 2 unspecified atom stereocenters. The van der Waals surface area contributed by atoms with Crippen molar-refractivity contribution in [3.05, 3.63) is 40.2 Å². The van der Waals surface area contributed by atoms with Crippen LogP contribution in [0.25, 0.3) is 32.2 Å². The molecule has 2 amide bonds. The van der Waals surface area contributed by atoms with E-state index in [-0.39, 0.29) is 74.5 Å². The summed E-state index contributed by atoms with van der Waals surface area (Å²) < 4.78 is 50.0. The lowest BCUT2D eigenvalue weighted by Crippen LogP contribution is -2.46. The van der Waals surface area contributed by atoms with E-state index in [1.54, 1.807) is 25.7 Å². The van der Waals surface area contributed by atoms with E-state index in [0.717, 1.165) is 41.6 Å². The van der Waals surface area contributed by atoms with Crippen LogP contribution in [0.2, 0.25) is 0 Å². The summed E-state index contributed by atoms with van der Waals surface area (Å²) in [5, 5.41) is 14.1. The van der Waals surface area contributed by atoms with Crippen molar-refractivity contribution >= 4 is 61.3 Å². The van der Waals surface area contributed by atoms with Crippen LogP contribution in [0.1, 0.15) is 89.6 Å². The van der Waals surface area contributed by atoms with E-state index in [1.807, 2.05) is 27.7 Å². The summed E-state index contributed by atoms with van der Waals surface area (Å²) in [6.07, 6.45) is 1.63. The predicted molar refractivity (Wildman–Crippen MR) is 194 cm³/mol. The van der Waals surface area contributed by atoms with Gasteiger partial charge in [-0.2, -0.15) is 5.26 Å². The standard InChI is InChI=1S/C37H40F2N6O5S2/c1-8-51-33-42-29(23-17-9-10-18(23)14-45(13-17)35(47)50-37(5,6)7)25-21-16-48-15-20(21)24(27(39)30(25)43-33)28-26-19(11-40)32(44-34(46)49-36(2,3)4)52-31(26)22(38)12-41-28/h12,17-18,23H,8-10,13-16H2,1-7H3,(H,44,46). The van der Waals surface area contributed by atoms with Gasteiger partial charge in [0.1, 0.15) is 27.8 Å². The van der Waals surface area contributed by atoms with Gasteiger partial charge >= 0.3 is 12.2 Å². The summed E-state index contributed by atoms with van der Waals surface area (Å²) in [5.74, 6) is -0.603. The van der Waals surface area contributed by atoms with Gasteiger partial charge in [-0.15, -0.1) is 11.3 Å². The third-order valence-electron chi connectivity index (χ3n) is 9.51. The lowest BCUT2D eigenvalue weighted by Gasteiger charge is -2.38. The Balaban J connectivity index is 1.39. The van der Waals surface area contributed by atoms with Gasteiger partial charge < -0.3 is 19.1 Å². The van der Waals surface area contributed by atoms with E-state index in [0.29, 0.717) is 34.9 Å². The van der Waals surface area contributed by atoms with Crippen LogP contribution in [0.3, 0.4) is 0 Å². The first-order chi connectivity index (χ1) is 24.6. The third kappa shape index (κ3) is 6.54. The van der Waals surface area contributed by atoms with Crippen molar-refractivity contribution in [1.82, 2.24) is 19.9 Å². The number of hydrogen-bond donors (Lipinski definition) is 1. The predicted octanol–water partition coefficient (Wildman–Crippen LogP) is 8.91. The first-order valence-electron chi connectivity index (χ1n) is 17.3. The van der Waals surface area contributed by atoms with Crippen LogP contribution >= 0.6 is 23.1 Å². The first kappa shape index (κ1) is 36.2. The van der Waals surface area contributed by atoms with Crippen molar-refractivity contribution in [2.24, 2.45) is 11.8 Å². The average Bonchev–Trinajstić information content (AvgIpc) is 3.74. The molecule has 2 aliphatic heterocycles. The Morgan fingerprint density at radius 3 is 2.37 bits per heavy atom. The van der Waals surface area contributed by atoms with E-state index in [2.05, 4.69) is 16.4 Å². The molecular formula is C37H40F2N6O5S2. The molecule has 1 aromatic carbocycles. The van der Waals surface area contributed by atoms with Gasteiger partial charge in [0, 0.05) is 35.3 Å². The Morgan fingerprint density at radius 1 is 1.06 bits per heavy atom. The number of nitrogens with one attached hydrogen (secondary N) is 1. The maximum Gasteiger partial charge on any atom is 0.412 e. The molecular weight excluding hydrogens is 711 g/mol. The van der Waals surface area contributed by atoms with Crippen LogP contribution in [0.5, 0.6) is 0 Å². The smallest absolute Gasteiger partial charge is 0.412 e. The highest BCUT2D eigenvalue weighted by Gasteiger charge is 2.47. The number of likely N-dealkylation sites (tertiary alicyclic amines) is 1. The van der Waals surface area contributed by atoms with Crippen LogP contribution in [-0.2, 0) is 27.4 Å². The van der Waals surface area contributed by atoms with Crippen molar-refractivity contribution in [2.45, 2.75) is 96.8 Å². The highest BCUT2D eigenvalue weighted by atomic mass is 32.2. The number of aromatic nitrogens is 3. The summed E-state index contributed by atoms with van der Waals surface area (Å²) in [6, 6.07) is 2.08. The molecule has 11 nitrogen and oxygen atoms in total. The lowest BCUT2D eigenvalue weighted by atomic mass is 9.80. The Kier molecular flexibility index (Phi) is 9.32. The minimum atomic E-state index is -0.815. The number of carbonyl (C=O) groups is 2. The molecule has 2 atom stereocenters. The second kappa shape index (κ2) is 13.4. The molecule has 1 saturated heterocycles. The molecule has 52 heavy (non-hydrogen) atoms. The zero-order valence-electron chi connectivity index (χ0n) is 30.1. The number of fused-ring (bicyclic) bond motifs is 6. The highest BCUT2D eigenvalue weighted by molar-refractivity contribution is 7.99. The molecule has 1 aliphatic carbocycles. The number of ether oxygens (including phenoxy) is 3. The van der Waals surface area contributed by atoms with Crippen molar-refractivity contribution in [3.8, 4) is 17.3 Å². The average molecular weight is 751 g/mol. The van der Waals surface area contributed by atoms with Gasteiger partial charge in [0.15, 0.2) is 16.8 Å². The topological polar surface area (TPSA) is 140 Å². The Bertz CT molecular complexity index is 2160. The fraction of sp³-hybridized carbons (Fsp3) is 0.514. The van der Waals surface area contributed by atoms with E-state index in [9.17, 15) is 14.9 Å². The number of piperidine rings is 1. The minimum Gasteiger partial charge on any atom is -0.444 e. The minimum absolute atomic E-state index is 0.0405. The Labute approximate surface area is 308 Å². The zero-order chi connectivity index (χ0) is 37.3. The molecule has 2 bridgehead atoms. The Hall–Kier alpha value is -4.13. The molecule has 1 saturated carbocycles. The van der Waals surface area contributed by atoms with Gasteiger partial charge in [-0.05, 0) is 83.1 Å². The number of pyridine rings is 1. The number of nitrogens with zero attached hydrogens (tertiary/aromatic N) is 5. The van der Waals surface area contributed by atoms with Crippen LogP contribution in [0.4, 0.5) is 23.4 Å². The van der Waals surface area contributed by atoms with Crippen LogP contribution in [0.15, 0.2) is 11.4 Å². The van der Waals surface area contributed by atoms with E-state index >= 15 is 8.78 Å². The maximum absolute atomic E-state index is 17.5. The zero-order valence-corrected chi connectivity index (χ0v) is 31.7. The second-order valence-electron chi connectivity index (χ2n) is 15.4. The number of anilines is 1. The normalized spacial score (nSPS) is 19.9. The number of thiophene rings is 1. The van der Waals surface area contributed by atoms with E-state index in [1.165, 1.54) is 11.8 Å². The fourth-order valence-corrected chi connectivity index (χ4v) is 9.33. The van der Waals surface area contributed by atoms with Gasteiger partial charge in [-0.25, -0.2) is 28.3 Å². The van der Waals surface area contributed by atoms with Gasteiger partial charge in [-0.1, -0.05) is 18.7 Å². The molecule has 15 heteroatoms. The fourth-order valence-electron chi connectivity index (χ4n) is 7.72. The second-order valence-corrected chi connectivity index (χ2v) is 17.7. The number of benzene rings is 1. The molecule has 1 N–H and O–H groups in total. The quantitative estimate of drug-likeness (QED) is 0.155. The number of thioether (sulfide) groups is 1. The molecule has 4 aromatic rings. The first-order valence-corrected chi connectivity index (χ1v) is 19.1. The number of carbonyl (C=O) groups excluding carboxylic acids is 2. The molecule has 7 rings (SSSR count). The van der Waals surface area contributed by atoms with Gasteiger partial charge in [0.2, 0.25) is 0 Å². The van der Waals surface area contributed by atoms with Crippen LogP contribution < -0.4 is 5.32 Å². The SMILES string of the molecule is CCSc1nc(C2C3CCC2CN(C(=O)OC(C)(C)C)C3)c2c3c(c(-c4ncc(F)c5sc(NC(=O)OC(C)(C)C)c(C#N)c45)c(F)c2n1)COC3. The van der Waals surface area contributed by atoms with E-state index < -0.39 is 28.9 Å². The van der Waals surface area contributed by atoms with Crippen LogP contribution in [-0.4, -0.2) is 62.1 Å². The number of halogens is 2. The van der Waals surface area contributed by atoms with Gasteiger partial charge in [-0.3, -0.25) is 10.3 Å². The molecule has 3 aliphatic rings. The monoisotopic (exact) mass is 750 g/mol. The summed E-state index contributed by atoms with van der Waals surface area (Å²) in [6.45, 7) is 13.9. The van der Waals surface area contributed by atoms with E-state index in [4.69, 9.17) is 24.2 Å². The van der Waals surface area contributed by atoms with Gasteiger partial charge in [0.25, 0.3) is 0 Å². The number of rotatable bonds is 5. The molecule has 3 aromatic heterocycles. The summed E-state index contributed by atoms with van der Waals surface area (Å²) >= 11 is 2.26. The van der Waals surface area contributed by atoms with Crippen molar-refractivity contribution < 1.29 is 32.6 Å². The van der Waals surface area contributed by atoms with Crippen molar-refractivity contribution in [2.75, 3.05) is 24.2 Å². The third-order valence-corrected chi connectivity index (χ3v) is 11.4. The summed E-state index contributed by atoms with van der Waals surface area (Å²) in [5.41, 5.74) is 0.749. The number of hydrogen-bond acceptors (Lipinski definition) is 11. The molecule has 2 fully saturated rings. The van der Waals surface area contributed by atoms with Crippen LogP contribution in [0, 0.1) is 34.8 Å². The Morgan fingerprint density at radius 2 is 1.73 bits per heavy atom. The van der Waals surface area contributed by atoms with Crippen molar-refractivity contribution in [3.63, 3.8) is 0 Å². The number of amides is 2. The maximum atomic E-state index is 17.5. The molecule has 0 radical (unpaired) electrons. The van der Waals surface area contributed by atoms with Crippen molar-refractivity contribution in [1.29, 1.82) is 5.26 Å². The highest BCUT2D eigenvalue weighted by Crippen LogP contribution is 2.52. The molecule has 274 valence electrons. The summed E-state index contributed by atoms with van der Waals surface area (Å²) in [4.78, 5) is 41.8. The largest absolute Gasteiger partial charge is 0.444 e. The molecule has 0 spiro atoms. The summed E-state index contributed by atoms with van der Waals surface area (Å²) in [7, 11) is 0. The lowest BCUT2D eigenvalue weighted by molar-refractivity contribution is 0.0128. The number of nitriles is 1. The van der Waals surface area contributed by atoms with Gasteiger partial charge in [0.05, 0.1) is 41.1 Å². The molecule has 5 heterocycles.